The summed E-state index contributed by atoms with van der Waals surface area (Å²) in [5.41, 5.74) is 0.878. The Bertz CT molecular complexity index is 587. The van der Waals surface area contributed by atoms with E-state index < -0.39 is 0 Å². The lowest BCUT2D eigenvalue weighted by Crippen LogP contribution is -2.22. The van der Waals surface area contributed by atoms with E-state index >= 15 is 0 Å². The molecule has 0 bridgehead atoms. The van der Waals surface area contributed by atoms with Gasteiger partial charge in [0.15, 0.2) is 5.75 Å². The van der Waals surface area contributed by atoms with Gasteiger partial charge in [0, 0.05) is 19.3 Å². The number of rotatable bonds is 9. The Labute approximate surface area is 130 Å². The molecule has 0 saturated carbocycles. The Kier molecular flexibility index (Phi) is 6.41. The summed E-state index contributed by atoms with van der Waals surface area (Å²) >= 11 is 0. The summed E-state index contributed by atoms with van der Waals surface area (Å²) in [5, 5.41) is 11.8. The number of nitrogens with one attached hydrogen (secondary N) is 1. The molecule has 0 aliphatic carbocycles. The van der Waals surface area contributed by atoms with Crippen molar-refractivity contribution in [1.29, 1.82) is 0 Å². The summed E-state index contributed by atoms with van der Waals surface area (Å²) in [4.78, 5) is 4.20. The van der Waals surface area contributed by atoms with Gasteiger partial charge in [-0.3, -0.25) is 0 Å². The second-order valence-electron chi connectivity index (χ2n) is 4.66. The molecule has 116 valence electrons. The number of aliphatic hydroxyl groups is 1. The summed E-state index contributed by atoms with van der Waals surface area (Å²) in [6.07, 6.45) is 1.66. The second kappa shape index (κ2) is 8.81. The van der Waals surface area contributed by atoms with Crippen molar-refractivity contribution in [3.05, 3.63) is 60.8 Å². The highest BCUT2D eigenvalue weighted by Gasteiger charge is 2.07. The average molecular weight is 300 g/mol. The Morgan fingerprint density at radius 1 is 1.18 bits per heavy atom. The number of hydrogen-bond donors (Lipinski definition) is 2. The lowest BCUT2D eigenvalue weighted by atomic mass is 10.3. The van der Waals surface area contributed by atoms with Crippen LogP contribution in [-0.4, -0.2) is 36.4 Å². The number of pyridine rings is 1. The van der Waals surface area contributed by atoms with Crippen molar-refractivity contribution >= 4 is 0 Å². The number of benzene rings is 1. The molecule has 0 atom stereocenters. The highest BCUT2D eigenvalue weighted by atomic mass is 16.5. The van der Waals surface area contributed by atoms with Gasteiger partial charge in [0.1, 0.15) is 12.4 Å². The zero-order valence-electron chi connectivity index (χ0n) is 12.4. The lowest BCUT2D eigenvalue weighted by Gasteiger charge is -2.12. The predicted octanol–water partition coefficient (Wildman–Crippen LogP) is 2.39. The van der Waals surface area contributed by atoms with Crippen molar-refractivity contribution in [3.8, 4) is 17.4 Å². The molecule has 0 aliphatic rings. The summed E-state index contributed by atoms with van der Waals surface area (Å²) in [5.74, 6) is 1.69. The molecule has 0 amide bonds. The first-order valence-electron chi connectivity index (χ1n) is 7.08. The number of para-hydroxylation sites is 1. The summed E-state index contributed by atoms with van der Waals surface area (Å²) in [6.45, 7) is 5.51. The Balaban J connectivity index is 1.92. The molecule has 2 rings (SSSR count). The van der Waals surface area contributed by atoms with E-state index in [1.807, 2.05) is 30.3 Å². The molecule has 1 heterocycles. The normalized spacial score (nSPS) is 10.2. The molecule has 0 unspecified atom stereocenters. The van der Waals surface area contributed by atoms with Gasteiger partial charge in [0.2, 0.25) is 0 Å². The monoisotopic (exact) mass is 300 g/mol. The van der Waals surface area contributed by atoms with Crippen LogP contribution in [0.5, 0.6) is 17.4 Å². The minimum Gasteiger partial charge on any atom is -0.484 e. The predicted molar refractivity (Wildman–Crippen MR) is 85.3 cm³/mol. The summed E-state index contributed by atoms with van der Waals surface area (Å²) < 4.78 is 11.4. The third-order valence-corrected chi connectivity index (χ3v) is 2.79. The smallest absolute Gasteiger partial charge is 0.262 e. The van der Waals surface area contributed by atoms with E-state index in [4.69, 9.17) is 14.6 Å². The van der Waals surface area contributed by atoms with E-state index in [9.17, 15) is 0 Å². The molecule has 1 aromatic carbocycles. The minimum absolute atomic E-state index is 0.103. The summed E-state index contributed by atoms with van der Waals surface area (Å²) in [7, 11) is 0. The van der Waals surface area contributed by atoms with E-state index in [0.717, 1.165) is 5.57 Å². The maximum absolute atomic E-state index is 8.72. The number of hydrogen-bond acceptors (Lipinski definition) is 5. The largest absolute Gasteiger partial charge is 0.484 e. The van der Waals surface area contributed by atoms with E-state index in [2.05, 4.69) is 16.9 Å². The van der Waals surface area contributed by atoms with Gasteiger partial charge in [-0.1, -0.05) is 24.8 Å². The molecule has 5 nitrogen and oxygen atoms in total. The van der Waals surface area contributed by atoms with Crippen LogP contribution in [0.4, 0.5) is 0 Å². The molecule has 0 saturated heterocycles. The van der Waals surface area contributed by atoms with Crippen molar-refractivity contribution in [3.63, 3.8) is 0 Å². The van der Waals surface area contributed by atoms with Crippen molar-refractivity contribution in [2.45, 2.75) is 0 Å². The molecular weight excluding hydrogens is 280 g/mol. The maximum atomic E-state index is 8.72. The summed E-state index contributed by atoms with van der Waals surface area (Å²) in [6, 6.07) is 13.0. The van der Waals surface area contributed by atoms with Gasteiger partial charge in [0.05, 0.1) is 6.61 Å². The fraction of sp³-hybridized carbons (Fsp3) is 0.235. The second-order valence-corrected chi connectivity index (χ2v) is 4.66. The first-order valence-corrected chi connectivity index (χ1v) is 7.08. The first kappa shape index (κ1) is 16.0. The van der Waals surface area contributed by atoms with E-state index in [0.29, 0.717) is 37.1 Å². The molecule has 2 aromatic rings. The molecule has 1 aromatic heterocycles. The van der Waals surface area contributed by atoms with Gasteiger partial charge in [-0.2, -0.15) is 0 Å². The van der Waals surface area contributed by atoms with Crippen LogP contribution in [-0.2, 0) is 0 Å². The molecule has 0 fully saturated rings. The van der Waals surface area contributed by atoms with Crippen molar-refractivity contribution in [2.75, 3.05) is 26.3 Å². The molecular formula is C17H20N2O3. The van der Waals surface area contributed by atoms with E-state index in [1.54, 1.807) is 18.3 Å². The van der Waals surface area contributed by atoms with E-state index in [1.165, 1.54) is 0 Å². The lowest BCUT2D eigenvalue weighted by molar-refractivity contribution is 0.291. The van der Waals surface area contributed by atoms with E-state index in [-0.39, 0.29) is 6.61 Å². The highest BCUT2D eigenvalue weighted by molar-refractivity contribution is 5.37. The first-order chi connectivity index (χ1) is 10.8. The van der Waals surface area contributed by atoms with Crippen LogP contribution in [0.2, 0.25) is 0 Å². The van der Waals surface area contributed by atoms with Crippen LogP contribution in [0.1, 0.15) is 0 Å². The number of aliphatic hydroxyl groups excluding tert-OH is 1. The SMILES string of the molecule is C=C(CNCCO)COc1cccnc1Oc1ccccc1. The minimum atomic E-state index is 0.103. The zero-order chi connectivity index (χ0) is 15.6. The molecule has 2 N–H and O–H groups in total. The van der Waals surface area contributed by atoms with Crippen LogP contribution in [0, 0.1) is 0 Å². The number of aromatic nitrogens is 1. The third kappa shape index (κ3) is 5.20. The quantitative estimate of drug-likeness (QED) is 0.550. The van der Waals surface area contributed by atoms with Crippen LogP contribution in [0.15, 0.2) is 60.8 Å². The van der Waals surface area contributed by atoms with Crippen molar-refractivity contribution in [1.82, 2.24) is 10.3 Å². The molecule has 0 spiro atoms. The fourth-order valence-corrected chi connectivity index (χ4v) is 1.74. The van der Waals surface area contributed by atoms with Gasteiger partial charge in [-0.05, 0) is 29.8 Å². The van der Waals surface area contributed by atoms with Gasteiger partial charge >= 0.3 is 0 Å². The number of nitrogens with zero attached hydrogens (tertiary/aromatic N) is 1. The zero-order valence-corrected chi connectivity index (χ0v) is 12.4. The van der Waals surface area contributed by atoms with Gasteiger partial charge in [-0.15, -0.1) is 0 Å². The Morgan fingerprint density at radius 2 is 2.00 bits per heavy atom. The fourth-order valence-electron chi connectivity index (χ4n) is 1.74. The van der Waals surface area contributed by atoms with Gasteiger partial charge < -0.3 is 19.9 Å². The number of ether oxygens (including phenoxy) is 2. The molecule has 0 aliphatic heterocycles. The Hall–Kier alpha value is -2.37. The van der Waals surface area contributed by atoms with Crippen molar-refractivity contribution in [2.24, 2.45) is 0 Å². The molecule has 0 radical (unpaired) electrons. The topological polar surface area (TPSA) is 63.6 Å². The highest BCUT2D eigenvalue weighted by Crippen LogP contribution is 2.28. The standard InChI is InChI=1S/C17H20N2O3/c1-14(12-18-10-11-20)13-21-16-8-5-9-19-17(16)22-15-6-3-2-4-7-15/h2-9,18,20H,1,10-13H2. The van der Waals surface area contributed by atoms with Crippen molar-refractivity contribution < 1.29 is 14.6 Å². The van der Waals surface area contributed by atoms with Crippen LogP contribution < -0.4 is 14.8 Å². The van der Waals surface area contributed by atoms with Crippen LogP contribution in [0.25, 0.3) is 0 Å². The molecule has 22 heavy (non-hydrogen) atoms. The van der Waals surface area contributed by atoms with Gasteiger partial charge in [-0.25, -0.2) is 4.98 Å². The Morgan fingerprint density at radius 3 is 2.77 bits per heavy atom. The molecule has 5 heteroatoms. The van der Waals surface area contributed by atoms with Gasteiger partial charge in [0.25, 0.3) is 5.88 Å². The average Bonchev–Trinajstić information content (AvgIpc) is 2.55. The third-order valence-electron chi connectivity index (χ3n) is 2.79. The maximum Gasteiger partial charge on any atom is 0.262 e. The van der Waals surface area contributed by atoms with Crippen LogP contribution >= 0.6 is 0 Å². The van der Waals surface area contributed by atoms with Crippen LogP contribution in [0.3, 0.4) is 0 Å².